The minimum atomic E-state index is 0. The molecule has 1 amide bonds. The van der Waals surface area contributed by atoms with Gasteiger partial charge in [0.15, 0.2) is 0 Å². The third kappa shape index (κ3) is 5.17. The van der Waals surface area contributed by atoms with Crippen molar-refractivity contribution in [2.75, 3.05) is 32.1 Å². The van der Waals surface area contributed by atoms with Crippen molar-refractivity contribution in [2.45, 2.75) is 26.3 Å². The topological polar surface area (TPSA) is 23.6 Å². The molecule has 1 aromatic rings. The highest BCUT2D eigenvalue weighted by Crippen LogP contribution is 2.16. The Bertz CT molecular complexity index is 440. The molecule has 1 aliphatic rings. The fourth-order valence-electron chi connectivity index (χ4n) is 2.51. The second-order valence-electron chi connectivity index (χ2n) is 5.69. The van der Waals surface area contributed by atoms with Crippen molar-refractivity contribution < 1.29 is 4.79 Å². The molecular formula is C16H24Cl2N2O. The van der Waals surface area contributed by atoms with Gasteiger partial charge in [-0.05, 0) is 17.0 Å². The van der Waals surface area contributed by atoms with Crippen molar-refractivity contribution >= 4 is 29.9 Å². The zero-order chi connectivity index (χ0) is 14.5. The number of nitrogens with zero attached hydrogens (tertiary/aromatic N) is 2. The minimum absolute atomic E-state index is 0. The number of carbonyl (C=O) groups excluding carboxylic acids is 1. The van der Waals surface area contributed by atoms with Crippen molar-refractivity contribution in [3.05, 3.63) is 35.4 Å². The van der Waals surface area contributed by atoms with Crippen LogP contribution in [0.4, 0.5) is 0 Å². The van der Waals surface area contributed by atoms with E-state index in [0.29, 0.717) is 5.92 Å². The molecule has 1 aromatic carbocycles. The molecule has 1 saturated heterocycles. The van der Waals surface area contributed by atoms with Crippen LogP contribution < -0.4 is 0 Å². The van der Waals surface area contributed by atoms with Crippen LogP contribution in [0.5, 0.6) is 0 Å². The van der Waals surface area contributed by atoms with Gasteiger partial charge in [-0.25, -0.2) is 0 Å². The van der Waals surface area contributed by atoms with Crippen LogP contribution in [0.25, 0.3) is 0 Å². The Morgan fingerprint density at radius 1 is 1.14 bits per heavy atom. The average molecular weight is 331 g/mol. The van der Waals surface area contributed by atoms with Gasteiger partial charge in [-0.2, -0.15) is 0 Å². The van der Waals surface area contributed by atoms with E-state index < -0.39 is 0 Å². The highest BCUT2D eigenvalue weighted by molar-refractivity contribution is 6.27. The lowest BCUT2D eigenvalue weighted by Crippen LogP contribution is -2.48. The first-order valence-electron chi connectivity index (χ1n) is 7.25. The smallest absolute Gasteiger partial charge is 0.237 e. The quantitative estimate of drug-likeness (QED) is 0.792. The van der Waals surface area contributed by atoms with Crippen molar-refractivity contribution in [3.63, 3.8) is 0 Å². The molecule has 0 aliphatic carbocycles. The van der Waals surface area contributed by atoms with Gasteiger partial charge in [0.2, 0.25) is 5.91 Å². The second-order valence-corrected chi connectivity index (χ2v) is 5.95. The van der Waals surface area contributed by atoms with Crippen LogP contribution in [0, 0.1) is 0 Å². The molecule has 1 fully saturated rings. The Hall–Kier alpha value is -0.770. The summed E-state index contributed by atoms with van der Waals surface area (Å²) in [5.41, 5.74) is 2.72. The minimum Gasteiger partial charge on any atom is -0.339 e. The summed E-state index contributed by atoms with van der Waals surface area (Å²) >= 11 is 5.59. The van der Waals surface area contributed by atoms with Crippen LogP contribution in [-0.2, 0) is 11.3 Å². The van der Waals surface area contributed by atoms with E-state index in [4.69, 9.17) is 11.6 Å². The van der Waals surface area contributed by atoms with Gasteiger partial charge in [0, 0.05) is 32.7 Å². The van der Waals surface area contributed by atoms with Crippen LogP contribution in [-0.4, -0.2) is 47.8 Å². The first kappa shape index (κ1) is 18.3. The molecule has 0 bridgehead atoms. The molecule has 0 aromatic heterocycles. The zero-order valence-electron chi connectivity index (χ0n) is 12.7. The number of amides is 1. The van der Waals surface area contributed by atoms with Crippen molar-refractivity contribution in [1.82, 2.24) is 9.80 Å². The summed E-state index contributed by atoms with van der Waals surface area (Å²) in [5, 5.41) is 0. The van der Waals surface area contributed by atoms with Gasteiger partial charge in [0.25, 0.3) is 0 Å². The lowest BCUT2D eigenvalue weighted by Gasteiger charge is -2.34. The molecule has 1 heterocycles. The lowest BCUT2D eigenvalue weighted by atomic mass is 10.0. The summed E-state index contributed by atoms with van der Waals surface area (Å²) in [6.45, 7) is 8.81. The summed E-state index contributed by atoms with van der Waals surface area (Å²) in [6.07, 6.45) is 0. The van der Waals surface area contributed by atoms with Gasteiger partial charge in [-0.3, -0.25) is 9.69 Å². The molecule has 0 saturated carbocycles. The molecule has 0 spiro atoms. The molecule has 1 aliphatic heterocycles. The molecule has 0 atom stereocenters. The molecule has 0 unspecified atom stereocenters. The van der Waals surface area contributed by atoms with E-state index in [1.807, 2.05) is 4.90 Å². The first-order chi connectivity index (χ1) is 9.60. The van der Waals surface area contributed by atoms with Crippen LogP contribution in [0.3, 0.4) is 0 Å². The summed E-state index contributed by atoms with van der Waals surface area (Å²) in [5.74, 6) is 0.721. The molecule has 21 heavy (non-hydrogen) atoms. The van der Waals surface area contributed by atoms with E-state index in [1.54, 1.807) is 0 Å². The monoisotopic (exact) mass is 330 g/mol. The number of carbonyl (C=O) groups is 1. The fourth-order valence-corrected chi connectivity index (χ4v) is 2.68. The number of rotatable bonds is 4. The molecule has 0 radical (unpaired) electrons. The maximum atomic E-state index is 11.5. The number of halogens is 2. The number of benzene rings is 1. The molecule has 0 N–H and O–H groups in total. The fraction of sp³-hybridized carbons (Fsp3) is 0.562. The normalized spacial score (nSPS) is 15.9. The van der Waals surface area contributed by atoms with Crippen molar-refractivity contribution in [1.29, 1.82) is 0 Å². The third-order valence-corrected chi connectivity index (χ3v) is 4.12. The maximum Gasteiger partial charge on any atom is 0.237 e. The van der Waals surface area contributed by atoms with E-state index in [-0.39, 0.29) is 24.2 Å². The predicted molar refractivity (Wildman–Crippen MR) is 90.4 cm³/mol. The van der Waals surface area contributed by atoms with Crippen molar-refractivity contribution in [2.24, 2.45) is 0 Å². The summed E-state index contributed by atoms with van der Waals surface area (Å²) in [4.78, 5) is 15.8. The van der Waals surface area contributed by atoms with Gasteiger partial charge in [-0.15, -0.1) is 24.0 Å². The average Bonchev–Trinajstić information content (AvgIpc) is 2.48. The number of piperazine rings is 1. The van der Waals surface area contributed by atoms with E-state index in [1.165, 1.54) is 11.1 Å². The van der Waals surface area contributed by atoms with Crippen LogP contribution in [0.2, 0.25) is 0 Å². The number of alkyl halides is 1. The van der Waals surface area contributed by atoms with E-state index in [9.17, 15) is 4.79 Å². The van der Waals surface area contributed by atoms with E-state index in [0.717, 1.165) is 32.7 Å². The summed E-state index contributed by atoms with van der Waals surface area (Å²) in [7, 11) is 0. The molecule has 5 heteroatoms. The molecule has 118 valence electrons. The van der Waals surface area contributed by atoms with Gasteiger partial charge in [0.1, 0.15) is 5.88 Å². The van der Waals surface area contributed by atoms with Crippen molar-refractivity contribution in [3.8, 4) is 0 Å². The van der Waals surface area contributed by atoms with Gasteiger partial charge < -0.3 is 4.90 Å². The van der Waals surface area contributed by atoms with E-state index in [2.05, 4.69) is 43.0 Å². The number of hydrogen-bond acceptors (Lipinski definition) is 2. The van der Waals surface area contributed by atoms with Crippen LogP contribution in [0.1, 0.15) is 30.9 Å². The Morgan fingerprint density at radius 3 is 2.19 bits per heavy atom. The lowest BCUT2D eigenvalue weighted by molar-refractivity contribution is -0.130. The highest BCUT2D eigenvalue weighted by atomic mass is 35.5. The second kappa shape index (κ2) is 8.62. The first-order valence-corrected chi connectivity index (χ1v) is 7.78. The molecular weight excluding hydrogens is 307 g/mol. The standard InChI is InChI=1S/C16H23ClN2O.ClH/c1-13(2)15-5-3-14(4-6-15)12-18-7-9-19(10-8-18)16(20)11-17;/h3-6,13H,7-12H2,1-2H3;1H. The highest BCUT2D eigenvalue weighted by Gasteiger charge is 2.20. The van der Waals surface area contributed by atoms with E-state index >= 15 is 0 Å². The van der Waals surface area contributed by atoms with Gasteiger partial charge >= 0.3 is 0 Å². The van der Waals surface area contributed by atoms with Crippen LogP contribution >= 0.6 is 24.0 Å². The largest absolute Gasteiger partial charge is 0.339 e. The third-order valence-electron chi connectivity index (χ3n) is 3.89. The van der Waals surface area contributed by atoms with Gasteiger partial charge in [0.05, 0.1) is 0 Å². The number of hydrogen-bond donors (Lipinski definition) is 0. The predicted octanol–water partition coefficient (Wildman–Crippen LogP) is 3.11. The Morgan fingerprint density at radius 2 is 1.71 bits per heavy atom. The Labute approximate surface area is 138 Å². The summed E-state index contributed by atoms with van der Waals surface area (Å²) in [6, 6.07) is 8.86. The van der Waals surface area contributed by atoms with Crippen LogP contribution in [0.15, 0.2) is 24.3 Å². The Balaban J connectivity index is 0.00000220. The maximum absolute atomic E-state index is 11.5. The Kier molecular flexibility index (Phi) is 7.50. The van der Waals surface area contributed by atoms with Gasteiger partial charge in [-0.1, -0.05) is 38.1 Å². The SMILES string of the molecule is CC(C)c1ccc(CN2CCN(C(=O)CCl)CC2)cc1.Cl. The zero-order valence-corrected chi connectivity index (χ0v) is 14.3. The molecule has 2 rings (SSSR count). The molecule has 3 nitrogen and oxygen atoms in total. The summed E-state index contributed by atoms with van der Waals surface area (Å²) < 4.78 is 0.